The molecule has 0 aromatic heterocycles. The van der Waals surface area contributed by atoms with Gasteiger partial charge in [0.1, 0.15) is 12.4 Å². The quantitative estimate of drug-likeness (QED) is 0.575. The Balaban J connectivity index is 1.69. The van der Waals surface area contributed by atoms with E-state index in [2.05, 4.69) is 29.0 Å². The average Bonchev–Trinajstić information content (AvgIpc) is 2.60. The van der Waals surface area contributed by atoms with Crippen molar-refractivity contribution in [1.82, 2.24) is 0 Å². The number of rotatable bonds is 11. The Morgan fingerprint density at radius 3 is 2.43 bits per heavy atom. The molecule has 0 amide bonds. The van der Waals surface area contributed by atoms with E-state index in [1.807, 2.05) is 30.3 Å². The lowest BCUT2D eigenvalue weighted by molar-refractivity contribution is 0.269. The molecule has 0 atom stereocenters. The molecule has 3 heteroatoms. The minimum absolute atomic E-state index is 0.478. The summed E-state index contributed by atoms with van der Waals surface area (Å²) in [7, 11) is 0. The number of hydrogen-bond donors (Lipinski definition) is 0. The van der Waals surface area contributed by atoms with E-state index in [9.17, 15) is 4.79 Å². The predicted octanol–water partition coefficient (Wildman–Crippen LogP) is 4.45. The molecular formula is C20H23O3. The van der Waals surface area contributed by atoms with Crippen molar-refractivity contribution in [2.75, 3.05) is 6.61 Å². The lowest BCUT2D eigenvalue weighted by atomic mass is 10.1. The molecule has 0 heterocycles. The van der Waals surface area contributed by atoms with Gasteiger partial charge in [0.05, 0.1) is 6.61 Å². The zero-order valence-corrected chi connectivity index (χ0v) is 13.4. The minimum atomic E-state index is 0.478. The highest BCUT2D eigenvalue weighted by Gasteiger charge is 1.99. The van der Waals surface area contributed by atoms with Gasteiger partial charge in [-0.25, -0.2) is 4.79 Å². The van der Waals surface area contributed by atoms with Gasteiger partial charge in [-0.15, -0.1) is 0 Å². The monoisotopic (exact) mass is 311 g/mol. The van der Waals surface area contributed by atoms with E-state index in [1.54, 1.807) is 0 Å². The molecule has 2 aromatic carbocycles. The van der Waals surface area contributed by atoms with Crippen molar-refractivity contribution in [1.29, 1.82) is 0 Å². The van der Waals surface area contributed by atoms with Crippen molar-refractivity contribution in [2.24, 2.45) is 0 Å². The summed E-state index contributed by atoms with van der Waals surface area (Å²) in [4.78, 5) is 9.90. The van der Waals surface area contributed by atoms with Gasteiger partial charge in [-0.2, -0.15) is 0 Å². The molecule has 0 aliphatic carbocycles. The maximum Gasteiger partial charge on any atom is 0.417 e. The van der Waals surface area contributed by atoms with Crippen LogP contribution >= 0.6 is 0 Å². The molecule has 2 rings (SSSR count). The van der Waals surface area contributed by atoms with Crippen LogP contribution in [-0.4, -0.2) is 13.1 Å². The highest BCUT2D eigenvalue weighted by Crippen LogP contribution is 2.17. The van der Waals surface area contributed by atoms with Crippen LogP contribution in [0.5, 0.6) is 5.75 Å². The molecule has 0 spiro atoms. The summed E-state index contributed by atoms with van der Waals surface area (Å²) < 4.78 is 10.4. The molecule has 0 aliphatic rings. The fraction of sp³-hybridized carbons (Fsp3) is 0.350. The third-order valence-electron chi connectivity index (χ3n) is 3.67. The third-order valence-corrected chi connectivity index (χ3v) is 3.67. The molecule has 0 fully saturated rings. The van der Waals surface area contributed by atoms with Crippen molar-refractivity contribution < 1.29 is 14.3 Å². The normalized spacial score (nSPS) is 10.3. The second-order valence-electron chi connectivity index (χ2n) is 5.52. The van der Waals surface area contributed by atoms with E-state index in [0.717, 1.165) is 37.9 Å². The van der Waals surface area contributed by atoms with Crippen molar-refractivity contribution in [2.45, 2.75) is 38.7 Å². The van der Waals surface area contributed by atoms with Gasteiger partial charge in [0.2, 0.25) is 0 Å². The van der Waals surface area contributed by atoms with Gasteiger partial charge in [-0.1, -0.05) is 55.3 Å². The van der Waals surface area contributed by atoms with Crippen LogP contribution in [0.15, 0.2) is 54.6 Å². The second kappa shape index (κ2) is 10.4. The lowest BCUT2D eigenvalue weighted by Crippen LogP contribution is -1.96. The Morgan fingerprint density at radius 1 is 0.826 bits per heavy atom. The van der Waals surface area contributed by atoms with Crippen LogP contribution in [0.25, 0.3) is 0 Å². The van der Waals surface area contributed by atoms with Crippen LogP contribution in [0.1, 0.15) is 36.8 Å². The molecule has 23 heavy (non-hydrogen) atoms. The van der Waals surface area contributed by atoms with Gasteiger partial charge in [0.15, 0.2) is 0 Å². The van der Waals surface area contributed by atoms with Crippen LogP contribution in [0, 0.1) is 0 Å². The summed E-state index contributed by atoms with van der Waals surface area (Å²) in [6.07, 6.45) is 5.30. The first-order valence-electron chi connectivity index (χ1n) is 8.13. The first-order valence-corrected chi connectivity index (χ1v) is 8.13. The van der Waals surface area contributed by atoms with Crippen molar-refractivity contribution in [3.05, 3.63) is 65.7 Å². The predicted molar refractivity (Wildman–Crippen MR) is 91.0 cm³/mol. The first kappa shape index (κ1) is 17.1. The molecule has 3 nitrogen and oxygen atoms in total. The summed E-state index contributed by atoms with van der Waals surface area (Å²) in [6, 6.07) is 18.5. The summed E-state index contributed by atoms with van der Waals surface area (Å²) in [5.74, 6) is 0.918. The largest absolute Gasteiger partial charge is 0.489 e. The van der Waals surface area contributed by atoms with Crippen molar-refractivity contribution in [3.63, 3.8) is 0 Å². The molecular weight excluding hydrogens is 288 g/mol. The first-order chi connectivity index (χ1) is 11.4. The zero-order valence-electron chi connectivity index (χ0n) is 13.4. The Bertz CT molecular complexity index is 566. The Hall–Kier alpha value is -2.29. The van der Waals surface area contributed by atoms with Crippen molar-refractivity contribution in [3.8, 4) is 5.75 Å². The molecule has 0 unspecified atom stereocenters. The summed E-state index contributed by atoms with van der Waals surface area (Å²) in [5.41, 5.74) is 2.47. The van der Waals surface area contributed by atoms with Gasteiger partial charge in [-0.3, -0.25) is 0 Å². The lowest BCUT2D eigenvalue weighted by Gasteiger charge is -2.08. The number of benzene rings is 2. The number of unbranched alkanes of at least 4 members (excludes halogenated alkanes) is 3. The summed E-state index contributed by atoms with van der Waals surface area (Å²) in [6.45, 7) is 2.52. The molecule has 0 saturated carbocycles. The second-order valence-corrected chi connectivity index (χ2v) is 5.52. The number of aryl methyl sites for hydroxylation is 1. The number of hydrogen-bond acceptors (Lipinski definition) is 3. The molecule has 0 bridgehead atoms. The fourth-order valence-corrected chi connectivity index (χ4v) is 2.43. The smallest absolute Gasteiger partial charge is 0.417 e. The molecule has 2 aromatic rings. The molecule has 0 N–H and O–H groups in total. The van der Waals surface area contributed by atoms with Crippen LogP contribution in [0.3, 0.4) is 0 Å². The van der Waals surface area contributed by atoms with Crippen molar-refractivity contribution >= 4 is 6.47 Å². The molecule has 1 radical (unpaired) electrons. The third kappa shape index (κ3) is 7.00. The SMILES string of the molecule is O=[C]OCCCCCCc1cccc(OCc2ccccc2)c1. The van der Waals surface area contributed by atoms with Gasteiger partial charge < -0.3 is 9.47 Å². The average molecular weight is 311 g/mol. The van der Waals surface area contributed by atoms with E-state index < -0.39 is 0 Å². The van der Waals surface area contributed by atoms with Gasteiger partial charge in [-0.05, 0) is 42.5 Å². The Kier molecular flexibility index (Phi) is 7.75. The van der Waals surface area contributed by atoms with E-state index in [4.69, 9.17) is 4.74 Å². The molecule has 121 valence electrons. The van der Waals surface area contributed by atoms with Gasteiger partial charge >= 0.3 is 6.47 Å². The number of ether oxygens (including phenoxy) is 2. The standard InChI is InChI=1S/C20H23O3/c21-17-22-14-7-2-1-4-9-18-12-8-13-20(15-18)23-16-19-10-5-3-6-11-19/h3,5-6,8,10-13,15H,1-2,4,7,9,14,16H2. The summed E-state index contributed by atoms with van der Waals surface area (Å²) >= 11 is 0. The highest BCUT2D eigenvalue weighted by molar-refractivity contribution is 5.38. The van der Waals surface area contributed by atoms with Gasteiger partial charge in [0, 0.05) is 0 Å². The number of carbonyl (C=O) groups excluding carboxylic acids is 1. The van der Waals surface area contributed by atoms with Crippen LogP contribution in [0.4, 0.5) is 0 Å². The Labute approximate surface area is 138 Å². The summed E-state index contributed by atoms with van der Waals surface area (Å²) in [5, 5.41) is 0. The van der Waals surface area contributed by atoms with Crippen LogP contribution < -0.4 is 4.74 Å². The van der Waals surface area contributed by atoms with E-state index in [0.29, 0.717) is 13.2 Å². The van der Waals surface area contributed by atoms with Crippen LogP contribution in [0.2, 0.25) is 0 Å². The van der Waals surface area contributed by atoms with Crippen LogP contribution in [-0.2, 0) is 22.6 Å². The highest BCUT2D eigenvalue weighted by atomic mass is 16.5. The van der Waals surface area contributed by atoms with E-state index in [1.165, 1.54) is 17.6 Å². The maximum atomic E-state index is 9.90. The zero-order chi connectivity index (χ0) is 16.2. The molecule has 0 saturated heterocycles. The minimum Gasteiger partial charge on any atom is -0.489 e. The Morgan fingerprint density at radius 2 is 1.61 bits per heavy atom. The maximum absolute atomic E-state index is 9.90. The van der Waals surface area contributed by atoms with E-state index >= 15 is 0 Å². The van der Waals surface area contributed by atoms with Gasteiger partial charge in [0.25, 0.3) is 0 Å². The van der Waals surface area contributed by atoms with E-state index in [-0.39, 0.29) is 0 Å². The fourth-order valence-electron chi connectivity index (χ4n) is 2.43. The molecule has 0 aliphatic heterocycles. The topological polar surface area (TPSA) is 35.5 Å².